The van der Waals surface area contributed by atoms with E-state index in [0.29, 0.717) is 12.5 Å². The van der Waals surface area contributed by atoms with Gasteiger partial charge in [0.1, 0.15) is 0 Å². The molecule has 0 spiro atoms. The van der Waals surface area contributed by atoms with Gasteiger partial charge in [-0.15, -0.1) is 0 Å². The molecule has 3 nitrogen and oxygen atoms in total. The van der Waals surface area contributed by atoms with Crippen LogP contribution in [0.25, 0.3) is 0 Å². The lowest BCUT2D eigenvalue weighted by Gasteiger charge is -2.12. The van der Waals surface area contributed by atoms with Gasteiger partial charge in [0, 0.05) is 12.2 Å². The third-order valence-corrected chi connectivity index (χ3v) is 2.84. The fourth-order valence-corrected chi connectivity index (χ4v) is 1.47. The summed E-state index contributed by atoms with van der Waals surface area (Å²) in [6, 6.07) is 8.21. The van der Waals surface area contributed by atoms with Gasteiger partial charge in [0.05, 0.1) is 12.7 Å². The molecule has 1 rings (SSSR count). The van der Waals surface area contributed by atoms with Crippen molar-refractivity contribution in [3.8, 4) is 0 Å². The molecule has 0 saturated heterocycles. The van der Waals surface area contributed by atoms with Crippen LogP contribution in [-0.2, 0) is 0 Å². The van der Waals surface area contributed by atoms with Gasteiger partial charge in [-0.25, -0.2) is 0 Å². The van der Waals surface area contributed by atoms with Crippen molar-refractivity contribution in [1.82, 2.24) is 0 Å². The van der Waals surface area contributed by atoms with Crippen molar-refractivity contribution in [2.45, 2.75) is 32.3 Å². The molecule has 0 heterocycles. The topological polar surface area (TPSA) is 52.5 Å². The normalized spacial score (nSPS) is 14.5. The molecule has 2 unspecified atom stereocenters. The zero-order valence-corrected chi connectivity index (χ0v) is 9.98. The highest BCUT2D eigenvalue weighted by atomic mass is 16.3. The Bertz CT molecular complexity index is 297. The summed E-state index contributed by atoms with van der Waals surface area (Å²) >= 11 is 0. The smallest absolute Gasteiger partial charge is 0.0942 e. The summed E-state index contributed by atoms with van der Waals surface area (Å²) in [7, 11) is 0. The second kappa shape index (κ2) is 6.51. The van der Waals surface area contributed by atoms with E-state index in [1.54, 1.807) is 0 Å². The molecule has 90 valence electrons. The molecule has 0 radical (unpaired) electrons. The molecule has 1 aromatic carbocycles. The number of benzene rings is 1. The Morgan fingerprint density at radius 2 is 1.88 bits per heavy atom. The third kappa shape index (κ3) is 3.83. The van der Waals surface area contributed by atoms with Crippen molar-refractivity contribution in [2.24, 2.45) is 0 Å². The molecule has 3 heteroatoms. The highest BCUT2D eigenvalue weighted by Crippen LogP contribution is 2.20. The number of hydrogen-bond donors (Lipinski definition) is 3. The largest absolute Gasteiger partial charge is 0.394 e. The predicted octanol–water partition coefficient (Wildman–Crippen LogP) is 1.97. The third-order valence-electron chi connectivity index (χ3n) is 2.84. The van der Waals surface area contributed by atoms with Crippen molar-refractivity contribution in [3.63, 3.8) is 0 Å². The Balaban J connectivity index is 2.51. The second-order valence-electron chi connectivity index (χ2n) is 4.15. The van der Waals surface area contributed by atoms with E-state index < -0.39 is 6.10 Å². The second-order valence-corrected chi connectivity index (χ2v) is 4.15. The van der Waals surface area contributed by atoms with E-state index in [2.05, 4.69) is 31.3 Å². The van der Waals surface area contributed by atoms with Gasteiger partial charge in [0.25, 0.3) is 0 Å². The van der Waals surface area contributed by atoms with E-state index in [1.807, 2.05) is 12.1 Å². The fourth-order valence-electron chi connectivity index (χ4n) is 1.47. The number of aliphatic hydroxyl groups is 2. The predicted molar refractivity (Wildman–Crippen MR) is 66.7 cm³/mol. The summed E-state index contributed by atoms with van der Waals surface area (Å²) in [6.07, 6.45) is 0.435. The molecule has 0 aliphatic carbocycles. The Hall–Kier alpha value is -1.06. The molecule has 16 heavy (non-hydrogen) atoms. The van der Waals surface area contributed by atoms with Gasteiger partial charge in [0.2, 0.25) is 0 Å². The van der Waals surface area contributed by atoms with Gasteiger partial charge < -0.3 is 15.5 Å². The maximum absolute atomic E-state index is 9.19. The summed E-state index contributed by atoms with van der Waals surface area (Å²) in [5.74, 6) is 0.581. The van der Waals surface area contributed by atoms with E-state index in [0.717, 1.165) is 12.1 Å². The Kier molecular flexibility index (Phi) is 5.29. The number of hydrogen-bond acceptors (Lipinski definition) is 3. The summed E-state index contributed by atoms with van der Waals surface area (Å²) < 4.78 is 0. The standard InChI is InChI=1S/C13H21NO2/c1-3-10(2)11-4-6-12(7-5-11)14-8-13(16)9-15/h4-7,10,13-16H,3,8-9H2,1-2H3. The van der Waals surface area contributed by atoms with Gasteiger partial charge in [-0.05, 0) is 30.0 Å². The average Bonchev–Trinajstić information content (AvgIpc) is 2.35. The van der Waals surface area contributed by atoms with Crippen LogP contribution in [-0.4, -0.2) is 29.5 Å². The first-order chi connectivity index (χ1) is 7.67. The molecule has 0 aliphatic rings. The SMILES string of the molecule is CCC(C)c1ccc(NCC(O)CO)cc1. The number of nitrogens with one attached hydrogen (secondary N) is 1. The molecule has 0 amide bonds. The van der Waals surface area contributed by atoms with Gasteiger partial charge in [-0.2, -0.15) is 0 Å². The highest BCUT2D eigenvalue weighted by molar-refractivity contribution is 5.45. The highest BCUT2D eigenvalue weighted by Gasteiger charge is 2.03. The van der Waals surface area contributed by atoms with Crippen LogP contribution >= 0.6 is 0 Å². The van der Waals surface area contributed by atoms with E-state index in [9.17, 15) is 5.11 Å². The number of anilines is 1. The number of aliphatic hydroxyl groups excluding tert-OH is 2. The van der Waals surface area contributed by atoms with Crippen LogP contribution in [0.4, 0.5) is 5.69 Å². The van der Waals surface area contributed by atoms with Crippen molar-refractivity contribution >= 4 is 5.69 Å². The Labute approximate surface area is 97.1 Å². The molecule has 0 fully saturated rings. The van der Waals surface area contributed by atoms with Crippen molar-refractivity contribution in [1.29, 1.82) is 0 Å². The van der Waals surface area contributed by atoms with Crippen molar-refractivity contribution < 1.29 is 10.2 Å². The summed E-state index contributed by atoms with van der Waals surface area (Å²) in [5, 5.41) is 20.9. The van der Waals surface area contributed by atoms with E-state index >= 15 is 0 Å². The Morgan fingerprint density at radius 1 is 1.25 bits per heavy atom. The van der Waals surface area contributed by atoms with Gasteiger partial charge >= 0.3 is 0 Å². The lowest BCUT2D eigenvalue weighted by Crippen LogP contribution is -2.22. The molecule has 3 N–H and O–H groups in total. The molecule has 2 atom stereocenters. The first-order valence-electron chi connectivity index (χ1n) is 5.80. The summed E-state index contributed by atoms with van der Waals surface area (Å²) in [4.78, 5) is 0. The van der Waals surface area contributed by atoms with Crippen LogP contribution in [0, 0.1) is 0 Å². The van der Waals surface area contributed by atoms with Crippen LogP contribution in [0.1, 0.15) is 31.7 Å². The minimum atomic E-state index is -0.700. The molecular weight excluding hydrogens is 202 g/mol. The molecular formula is C13H21NO2. The Morgan fingerprint density at radius 3 is 2.38 bits per heavy atom. The summed E-state index contributed by atoms with van der Waals surface area (Å²) in [6.45, 7) is 4.55. The van der Waals surface area contributed by atoms with Crippen LogP contribution < -0.4 is 5.32 Å². The van der Waals surface area contributed by atoms with Gasteiger partial charge in [0.15, 0.2) is 0 Å². The lowest BCUT2D eigenvalue weighted by atomic mass is 9.99. The first-order valence-corrected chi connectivity index (χ1v) is 5.80. The van der Waals surface area contributed by atoms with Crippen LogP contribution in [0.5, 0.6) is 0 Å². The molecule has 0 bridgehead atoms. The lowest BCUT2D eigenvalue weighted by molar-refractivity contribution is 0.105. The van der Waals surface area contributed by atoms with E-state index in [-0.39, 0.29) is 6.61 Å². The van der Waals surface area contributed by atoms with Crippen molar-refractivity contribution in [3.05, 3.63) is 29.8 Å². The minimum absolute atomic E-state index is 0.210. The van der Waals surface area contributed by atoms with E-state index in [4.69, 9.17) is 5.11 Å². The summed E-state index contributed by atoms with van der Waals surface area (Å²) in [5.41, 5.74) is 2.30. The maximum atomic E-state index is 9.19. The first kappa shape index (κ1) is 13.0. The molecule has 0 aromatic heterocycles. The van der Waals surface area contributed by atoms with Gasteiger partial charge in [-0.3, -0.25) is 0 Å². The number of rotatable bonds is 6. The monoisotopic (exact) mass is 223 g/mol. The van der Waals surface area contributed by atoms with Crippen LogP contribution in [0.3, 0.4) is 0 Å². The zero-order valence-electron chi connectivity index (χ0n) is 9.98. The van der Waals surface area contributed by atoms with E-state index in [1.165, 1.54) is 5.56 Å². The molecule has 0 aliphatic heterocycles. The molecule has 1 aromatic rings. The average molecular weight is 223 g/mol. The quantitative estimate of drug-likeness (QED) is 0.691. The van der Waals surface area contributed by atoms with Crippen LogP contribution in [0.15, 0.2) is 24.3 Å². The maximum Gasteiger partial charge on any atom is 0.0942 e. The van der Waals surface area contributed by atoms with Gasteiger partial charge in [-0.1, -0.05) is 26.0 Å². The minimum Gasteiger partial charge on any atom is -0.394 e. The molecule has 0 saturated carbocycles. The zero-order chi connectivity index (χ0) is 12.0. The van der Waals surface area contributed by atoms with Crippen LogP contribution in [0.2, 0.25) is 0 Å². The fraction of sp³-hybridized carbons (Fsp3) is 0.538. The van der Waals surface area contributed by atoms with Crippen molar-refractivity contribution in [2.75, 3.05) is 18.5 Å².